The van der Waals surface area contributed by atoms with E-state index < -0.39 is 0 Å². The Morgan fingerprint density at radius 2 is 2.07 bits per heavy atom. The molecule has 0 N–H and O–H groups in total. The number of hydrogen-bond donors (Lipinski definition) is 0. The lowest BCUT2D eigenvalue weighted by molar-refractivity contribution is -0.0403. The lowest BCUT2D eigenvalue weighted by atomic mass is 9.94. The third-order valence-corrected chi connectivity index (χ3v) is 5.70. The van der Waals surface area contributed by atoms with Gasteiger partial charge in [-0.3, -0.25) is 0 Å². The van der Waals surface area contributed by atoms with Gasteiger partial charge in [0.05, 0.1) is 24.2 Å². The van der Waals surface area contributed by atoms with Crippen molar-refractivity contribution in [3.63, 3.8) is 0 Å². The Balaban J connectivity index is 2.14. The number of ether oxygens (including phenoxy) is 3. The lowest BCUT2D eigenvalue weighted by Crippen LogP contribution is -2.25. The van der Waals surface area contributed by atoms with Gasteiger partial charge in [-0.15, -0.1) is 0 Å². The van der Waals surface area contributed by atoms with Crippen LogP contribution in [0.3, 0.4) is 0 Å². The normalized spacial score (nSPS) is 20.2. The highest BCUT2D eigenvalue weighted by Crippen LogP contribution is 2.36. The molecule has 0 aliphatic carbocycles. The van der Waals surface area contributed by atoms with Gasteiger partial charge in [0.1, 0.15) is 6.10 Å². The van der Waals surface area contributed by atoms with E-state index in [9.17, 15) is 0 Å². The summed E-state index contributed by atoms with van der Waals surface area (Å²) in [6.45, 7) is 13.9. The molecule has 0 spiro atoms. The highest BCUT2D eigenvalue weighted by atomic mass is 35.5. The van der Waals surface area contributed by atoms with Gasteiger partial charge in [0.2, 0.25) is 0 Å². The molecular formula is C26H37ClO3. The van der Waals surface area contributed by atoms with Gasteiger partial charge < -0.3 is 14.2 Å². The molecule has 166 valence electrons. The molecule has 30 heavy (non-hydrogen) atoms. The minimum absolute atomic E-state index is 0.0388. The second-order valence-corrected chi connectivity index (χ2v) is 8.25. The van der Waals surface area contributed by atoms with Gasteiger partial charge in [0.25, 0.3) is 0 Å². The fourth-order valence-electron chi connectivity index (χ4n) is 3.59. The summed E-state index contributed by atoms with van der Waals surface area (Å²) in [5.74, 6) is 1.72. The summed E-state index contributed by atoms with van der Waals surface area (Å²) in [7, 11) is 0. The minimum Gasteiger partial charge on any atom is -0.499 e. The van der Waals surface area contributed by atoms with Crippen LogP contribution in [-0.2, 0) is 20.6 Å². The highest BCUT2D eigenvalue weighted by molar-refractivity contribution is 6.31. The van der Waals surface area contributed by atoms with Crippen molar-refractivity contribution >= 4 is 11.6 Å². The Kier molecular flexibility index (Phi) is 10.5. The van der Waals surface area contributed by atoms with Crippen LogP contribution in [0.25, 0.3) is 0 Å². The van der Waals surface area contributed by atoms with Gasteiger partial charge in [-0.2, -0.15) is 0 Å². The molecule has 4 heteroatoms. The minimum atomic E-state index is -0.0388. The molecule has 1 heterocycles. The molecule has 1 aliphatic heterocycles. The van der Waals surface area contributed by atoms with Crippen LogP contribution >= 0.6 is 11.6 Å². The SMILES string of the molecule is C=C1C[C@H](OCCCC)C[C@H](c2ccc(Cl)c(C/C(=C/C=C(\C)OCC)CC)c2)O1. The summed E-state index contributed by atoms with van der Waals surface area (Å²) in [5, 5.41) is 0.786. The zero-order valence-electron chi connectivity index (χ0n) is 19.0. The van der Waals surface area contributed by atoms with E-state index in [1.165, 1.54) is 5.57 Å². The second-order valence-electron chi connectivity index (χ2n) is 7.85. The van der Waals surface area contributed by atoms with Gasteiger partial charge in [0, 0.05) is 24.5 Å². The Morgan fingerprint density at radius 3 is 2.77 bits per heavy atom. The van der Waals surface area contributed by atoms with E-state index in [0.717, 1.165) is 72.8 Å². The molecule has 2 rings (SSSR count). The summed E-state index contributed by atoms with van der Waals surface area (Å²) in [4.78, 5) is 0. The van der Waals surface area contributed by atoms with E-state index in [2.05, 4.69) is 38.6 Å². The molecule has 0 unspecified atom stereocenters. The van der Waals surface area contributed by atoms with Gasteiger partial charge in [-0.05, 0) is 56.4 Å². The number of allylic oxidation sites excluding steroid dienone is 4. The predicted octanol–water partition coefficient (Wildman–Crippen LogP) is 7.71. The van der Waals surface area contributed by atoms with Crippen LogP contribution in [0.15, 0.2) is 54.0 Å². The van der Waals surface area contributed by atoms with Gasteiger partial charge in [-0.1, -0.05) is 62.2 Å². The fraction of sp³-hybridized carbons (Fsp3) is 0.538. The summed E-state index contributed by atoms with van der Waals surface area (Å²) in [6, 6.07) is 6.22. The van der Waals surface area contributed by atoms with Crippen molar-refractivity contribution in [2.75, 3.05) is 13.2 Å². The maximum absolute atomic E-state index is 6.54. The number of hydrogen-bond acceptors (Lipinski definition) is 3. The van der Waals surface area contributed by atoms with Crippen LogP contribution in [0.1, 0.15) is 77.0 Å². The summed E-state index contributed by atoms with van der Waals surface area (Å²) in [5.41, 5.74) is 3.56. The summed E-state index contributed by atoms with van der Waals surface area (Å²) < 4.78 is 17.7. The number of benzene rings is 1. The zero-order chi connectivity index (χ0) is 21.9. The molecule has 1 aliphatic rings. The zero-order valence-corrected chi connectivity index (χ0v) is 19.8. The monoisotopic (exact) mass is 432 g/mol. The van der Waals surface area contributed by atoms with Gasteiger partial charge in [0.15, 0.2) is 0 Å². The first-order valence-electron chi connectivity index (χ1n) is 11.2. The van der Waals surface area contributed by atoms with E-state index in [1.807, 2.05) is 26.0 Å². The van der Waals surface area contributed by atoms with Crippen LogP contribution in [0.4, 0.5) is 0 Å². The molecule has 0 aromatic heterocycles. The van der Waals surface area contributed by atoms with E-state index in [0.29, 0.717) is 6.61 Å². The van der Waals surface area contributed by atoms with E-state index in [1.54, 1.807) is 0 Å². The second kappa shape index (κ2) is 12.9. The molecule has 2 atom stereocenters. The van der Waals surface area contributed by atoms with Crippen molar-refractivity contribution < 1.29 is 14.2 Å². The number of halogens is 1. The van der Waals surface area contributed by atoms with Crippen LogP contribution in [0.5, 0.6) is 0 Å². The van der Waals surface area contributed by atoms with Crippen LogP contribution in [-0.4, -0.2) is 19.3 Å². The number of unbranched alkanes of at least 4 members (excludes halogenated alkanes) is 1. The molecule has 1 fully saturated rings. The van der Waals surface area contributed by atoms with Crippen molar-refractivity contribution in [2.24, 2.45) is 0 Å². The standard InChI is InChI=1S/C26H37ClO3/c1-6-9-14-29-24-15-20(5)30-26(18-24)22-12-13-25(27)23(17-22)16-21(7-2)11-10-19(4)28-8-3/h10-13,17,24,26H,5-9,14-16,18H2,1-4H3/b19-10+,21-11+/t24-,26+/m0/s1. The quantitative estimate of drug-likeness (QED) is 0.203. The van der Waals surface area contributed by atoms with Crippen molar-refractivity contribution in [3.05, 3.63) is 70.2 Å². The molecule has 3 nitrogen and oxygen atoms in total. The molecule has 1 aromatic carbocycles. The van der Waals surface area contributed by atoms with Gasteiger partial charge >= 0.3 is 0 Å². The van der Waals surface area contributed by atoms with Crippen molar-refractivity contribution in [1.29, 1.82) is 0 Å². The van der Waals surface area contributed by atoms with Crippen LogP contribution in [0, 0.1) is 0 Å². The Labute approximate surface area is 187 Å². The first-order valence-corrected chi connectivity index (χ1v) is 11.6. The van der Waals surface area contributed by atoms with Crippen molar-refractivity contribution in [1.82, 2.24) is 0 Å². The van der Waals surface area contributed by atoms with Crippen LogP contribution < -0.4 is 0 Å². The smallest absolute Gasteiger partial charge is 0.126 e. The summed E-state index contributed by atoms with van der Waals surface area (Å²) >= 11 is 6.54. The predicted molar refractivity (Wildman–Crippen MR) is 126 cm³/mol. The fourth-order valence-corrected chi connectivity index (χ4v) is 3.77. The van der Waals surface area contributed by atoms with Crippen molar-refractivity contribution in [2.45, 2.75) is 78.4 Å². The Hall–Kier alpha value is -1.71. The number of rotatable bonds is 11. The lowest BCUT2D eigenvalue weighted by Gasteiger charge is -2.32. The first kappa shape index (κ1) is 24.6. The maximum atomic E-state index is 6.54. The molecular weight excluding hydrogens is 396 g/mol. The maximum Gasteiger partial charge on any atom is 0.126 e. The van der Waals surface area contributed by atoms with Crippen molar-refractivity contribution in [3.8, 4) is 0 Å². The third kappa shape index (κ3) is 7.85. The average Bonchev–Trinajstić information content (AvgIpc) is 2.72. The van der Waals surface area contributed by atoms with Gasteiger partial charge in [-0.25, -0.2) is 0 Å². The van der Waals surface area contributed by atoms with Crippen LogP contribution in [0.2, 0.25) is 5.02 Å². The molecule has 0 radical (unpaired) electrons. The largest absolute Gasteiger partial charge is 0.499 e. The van der Waals surface area contributed by atoms with E-state index in [4.69, 9.17) is 25.8 Å². The molecule has 0 amide bonds. The van der Waals surface area contributed by atoms with E-state index >= 15 is 0 Å². The molecule has 0 saturated carbocycles. The first-order chi connectivity index (χ1) is 14.5. The molecule has 1 aromatic rings. The molecule has 0 bridgehead atoms. The van der Waals surface area contributed by atoms with E-state index in [-0.39, 0.29) is 12.2 Å². The highest BCUT2D eigenvalue weighted by Gasteiger charge is 2.27. The third-order valence-electron chi connectivity index (χ3n) is 5.33. The Morgan fingerprint density at radius 1 is 1.27 bits per heavy atom. The summed E-state index contributed by atoms with van der Waals surface area (Å²) in [6.07, 6.45) is 9.92. The average molecular weight is 433 g/mol. The Bertz CT molecular complexity index is 751. The molecule has 1 saturated heterocycles. The topological polar surface area (TPSA) is 27.7 Å².